The Morgan fingerprint density at radius 2 is 1.88 bits per heavy atom. The minimum atomic E-state index is -4.81. The van der Waals surface area contributed by atoms with Gasteiger partial charge in [0.1, 0.15) is 5.82 Å². The van der Waals surface area contributed by atoms with Gasteiger partial charge in [-0.2, -0.15) is 13.2 Å². The molecule has 0 fully saturated rings. The van der Waals surface area contributed by atoms with Gasteiger partial charge >= 0.3 is 6.18 Å². The van der Waals surface area contributed by atoms with Crippen molar-refractivity contribution in [2.45, 2.75) is 12.2 Å². The number of hydrogen-bond acceptors (Lipinski definition) is 2. The molecule has 16 heavy (non-hydrogen) atoms. The second-order valence-electron chi connectivity index (χ2n) is 2.99. The van der Waals surface area contributed by atoms with E-state index < -0.39 is 35.8 Å². The van der Waals surface area contributed by atoms with Crippen molar-refractivity contribution >= 4 is 12.4 Å². The maximum atomic E-state index is 13.0. The first-order valence-electron chi connectivity index (χ1n) is 4.10. The fraction of sp³-hybridized carbons (Fsp3) is 0.333. The zero-order valence-corrected chi connectivity index (χ0v) is 8.78. The van der Waals surface area contributed by atoms with Gasteiger partial charge in [0.15, 0.2) is 0 Å². The first-order valence-corrected chi connectivity index (χ1v) is 4.10. The van der Waals surface area contributed by atoms with Crippen molar-refractivity contribution in [3.8, 4) is 0 Å². The van der Waals surface area contributed by atoms with E-state index in [-0.39, 0.29) is 12.4 Å². The SMILES string of the molecule is Cl.N[C@@H](CO)c1cccc(F)c1C(F)(F)F. The van der Waals surface area contributed by atoms with E-state index in [9.17, 15) is 17.6 Å². The largest absolute Gasteiger partial charge is 0.419 e. The molecule has 0 bridgehead atoms. The molecular formula is C9H10ClF4NO. The highest BCUT2D eigenvalue weighted by Gasteiger charge is 2.37. The minimum absolute atomic E-state index is 0. The standard InChI is InChI=1S/C9H9F4NO.ClH/c10-6-3-1-2-5(7(14)4-15)8(6)9(11,12)13;/h1-3,7,15H,4,14H2;1H/t7-;/m0./s1. The van der Waals surface area contributed by atoms with Gasteiger partial charge < -0.3 is 10.8 Å². The quantitative estimate of drug-likeness (QED) is 0.801. The minimum Gasteiger partial charge on any atom is -0.394 e. The van der Waals surface area contributed by atoms with Crippen LogP contribution in [0.4, 0.5) is 17.6 Å². The Morgan fingerprint density at radius 1 is 1.31 bits per heavy atom. The number of alkyl halides is 3. The van der Waals surface area contributed by atoms with Crippen molar-refractivity contribution < 1.29 is 22.7 Å². The fourth-order valence-corrected chi connectivity index (χ4v) is 1.25. The van der Waals surface area contributed by atoms with Crippen molar-refractivity contribution in [1.82, 2.24) is 0 Å². The zero-order valence-electron chi connectivity index (χ0n) is 7.96. The molecule has 0 aliphatic rings. The van der Waals surface area contributed by atoms with Crippen LogP contribution in [0.5, 0.6) is 0 Å². The predicted molar refractivity (Wildman–Crippen MR) is 52.7 cm³/mol. The Hall–Kier alpha value is -0.850. The number of benzene rings is 1. The molecule has 1 aromatic carbocycles. The van der Waals surface area contributed by atoms with Crippen LogP contribution in [0, 0.1) is 5.82 Å². The van der Waals surface area contributed by atoms with E-state index in [1.165, 1.54) is 0 Å². The molecule has 0 saturated carbocycles. The third-order valence-corrected chi connectivity index (χ3v) is 1.93. The average Bonchev–Trinajstić information content (AvgIpc) is 2.14. The van der Waals surface area contributed by atoms with E-state index in [1.807, 2.05) is 0 Å². The van der Waals surface area contributed by atoms with Crippen LogP contribution in [-0.2, 0) is 6.18 Å². The highest BCUT2D eigenvalue weighted by atomic mass is 35.5. The Morgan fingerprint density at radius 3 is 2.31 bits per heavy atom. The molecule has 0 aromatic heterocycles. The van der Waals surface area contributed by atoms with E-state index in [4.69, 9.17) is 10.8 Å². The molecule has 0 aliphatic carbocycles. The summed E-state index contributed by atoms with van der Waals surface area (Å²) in [6.07, 6.45) is -4.81. The number of rotatable bonds is 2. The molecule has 3 N–H and O–H groups in total. The van der Waals surface area contributed by atoms with E-state index in [0.717, 1.165) is 12.1 Å². The number of hydrogen-bond donors (Lipinski definition) is 2. The third-order valence-electron chi connectivity index (χ3n) is 1.93. The Labute approximate surface area is 95.5 Å². The summed E-state index contributed by atoms with van der Waals surface area (Å²) in [6.45, 7) is -0.674. The molecule has 0 amide bonds. The smallest absolute Gasteiger partial charge is 0.394 e. The van der Waals surface area contributed by atoms with Crippen molar-refractivity contribution in [1.29, 1.82) is 0 Å². The van der Waals surface area contributed by atoms with Crippen LogP contribution in [-0.4, -0.2) is 11.7 Å². The van der Waals surface area contributed by atoms with Gasteiger partial charge in [0.2, 0.25) is 0 Å². The van der Waals surface area contributed by atoms with Crippen LogP contribution in [0.1, 0.15) is 17.2 Å². The number of nitrogens with two attached hydrogens (primary N) is 1. The molecule has 1 rings (SSSR count). The molecule has 1 atom stereocenters. The first kappa shape index (κ1) is 15.2. The van der Waals surface area contributed by atoms with Crippen LogP contribution >= 0.6 is 12.4 Å². The topological polar surface area (TPSA) is 46.2 Å². The lowest BCUT2D eigenvalue weighted by atomic mass is 10.0. The second kappa shape index (κ2) is 5.47. The van der Waals surface area contributed by atoms with Gasteiger partial charge in [-0.3, -0.25) is 0 Å². The maximum absolute atomic E-state index is 13.0. The lowest BCUT2D eigenvalue weighted by molar-refractivity contribution is -0.140. The summed E-state index contributed by atoms with van der Waals surface area (Å²) in [5.41, 5.74) is 3.39. The average molecular weight is 260 g/mol. The Balaban J connectivity index is 0.00000225. The molecule has 0 aliphatic heterocycles. The second-order valence-corrected chi connectivity index (χ2v) is 2.99. The van der Waals surface area contributed by atoms with E-state index >= 15 is 0 Å². The fourth-order valence-electron chi connectivity index (χ4n) is 1.25. The molecule has 1 aromatic rings. The van der Waals surface area contributed by atoms with Crippen LogP contribution in [0.3, 0.4) is 0 Å². The number of aliphatic hydroxyl groups is 1. The van der Waals surface area contributed by atoms with E-state index in [2.05, 4.69) is 0 Å². The van der Waals surface area contributed by atoms with Crippen molar-refractivity contribution in [3.63, 3.8) is 0 Å². The summed E-state index contributed by atoms with van der Waals surface area (Å²) in [5, 5.41) is 8.65. The van der Waals surface area contributed by atoms with Crippen LogP contribution in [0.15, 0.2) is 18.2 Å². The molecule has 0 radical (unpaired) electrons. The summed E-state index contributed by atoms with van der Waals surface area (Å²) in [4.78, 5) is 0. The Bertz CT molecular complexity index is 356. The van der Waals surface area contributed by atoms with Gasteiger partial charge in [0, 0.05) is 0 Å². The van der Waals surface area contributed by atoms with E-state index in [1.54, 1.807) is 0 Å². The Kier molecular flexibility index (Phi) is 5.18. The van der Waals surface area contributed by atoms with Crippen LogP contribution in [0.25, 0.3) is 0 Å². The summed E-state index contributed by atoms with van der Waals surface area (Å²) >= 11 is 0. The summed E-state index contributed by atoms with van der Waals surface area (Å²) in [6, 6.07) is 1.64. The summed E-state index contributed by atoms with van der Waals surface area (Å²) in [5.74, 6) is -1.39. The molecule has 2 nitrogen and oxygen atoms in total. The van der Waals surface area contributed by atoms with Gasteiger partial charge in [0.25, 0.3) is 0 Å². The van der Waals surface area contributed by atoms with Crippen molar-refractivity contribution in [2.75, 3.05) is 6.61 Å². The first-order chi connectivity index (χ1) is 6.88. The monoisotopic (exact) mass is 259 g/mol. The molecule has 0 spiro atoms. The number of halogens is 5. The zero-order chi connectivity index (χ0) is 11.6. The highest BCUT2D eigenvalue weighted by Crippen LogP contribution is 2.35. The van der Waals surface area contributed by atoms with Gasteiger partial charge in [-0.1, -0.05) is 12.1 Å². The summed E-state index contributed by atoms with van der Waals surface area (Å²) in [7, 11) is 0. The summed E-state index contributed by atoms with van der Waals surface area (Å²) < 4.78 is 50.3. The molecule has 0 saturated heterocycles. The lowest BCUT2D eigenvalue weighted by Gasteiger charge is -2.17. The van der Waals surface area contributed by atoms with Gasteiger partial charge in [-0.15, -0.1) is 12.4 Å². The molecular weight excluding hydrogens is 250 g/mol. The van der Waals surface area contributed by atoms with Crippen molar-refractivity contribution in [3.05, 3.63) is 35.1 Å². The third kappa shape index (κ3) is 3.07. The predicted octanol–water partition coefficient (Wildman–Crippen LogP) is 2.26. The molecule has 0 heterocycles. The van der Waals surface area contributed by atoms with Crippen LogP contribution < -0.4 is 5.73 Å². The molecule has 92 valence electrons. The van der Waals surface area contributed by atoms with Gasteiger partial charge in [-0.05, 0) is 11.6 Å². The van der Waals surface area contributed by atoms with Crippen molar-refractivity contribution in [2.24, 2.45) is 5.73 Å². The lowest BCUT2D eigenvalue weighted by Crippen LogP contribution is -2.21. The van der Waals surface area contributed by atoms with Gasteiger partial charge in [0.05, 0.1) is 18.2 Å². The number of aliphatic hydroxyl groups excluding tert-OH is 1. The van der Waals surface area contributed by atoms with E-state index in [0.29, 0.717) is 6.07 Å². The maximum Gasteiger partial charge on any atom is 0.419 e. The molecule has 7 heteroatoms. The van der Waals surface area contributed by atoms with Crippen LogP contribution in [0.2, 0.25) is 0 Å². The highest BCUT2D eigenvalue weighted by molar-refractivity contribution is 5.85. The normalized spacial score (nSPS) is 13.1. The molecule has 0 unspecified atom stereocenters. The van der Waals surface area contributed by atoms with Gasteiger partial charge in [-0.25, -0.2) is 4.39 Å².